The van der Waals surface area contributed by atoms with Gasteiger partial charge in [0.15, 0.2) is 0 Å². The Morgan fingerprint density at radius 1 is 1.06 bits per heavy atom. The summed E-state index contributed by atoms with van der Waals surface area (Å²) in [6.07, 6.45) is 2.83. The smallest absolute Gasteiger partial charge is 0.243 e. The first kappa shape index (κ1) is 23.4. The molecule has 0 aliphatic carbocycles. The number of nitrogens with zero attached hydrogens (tertiary/aromatic N) is 5. The average Bonchev–Trinajstić information content (AvgIpc) is 3.28. The van der Waals surface area contributed by atoms with E-state index in [1.165, 1.54) is 28.2 Å². The summed E-state index contributed by atoms with van der Waals surface area (Å²) in [5.74, 6) is -0.231. The van der Waals surface area contributed by atoms with Crippen LogP contribution >= 0.6 is 11.8 Å². The predicted octanol–water partition coefficient (Wildman–Crippen LogP) is 3.26. The highest BCUT2D eigenvalue weighted by molar-refractivity contribution is 8.00. The number of benzene rings is 2. The number of hydrogen-bond donors (Lipinski definition) is 1. The molecule has 1 aliphatic rings. The Hall–Kier alpha value is -2.76. The molecule has 0 radical (unpaired) electrons. The van der Waals surface area contributed by atoms with Crippen molar-refractivity contribution in [3.8, 4) is 5.69 Å². The van der Waals surface area contributed by atoms with Gasteiger partial charge in [0.05, 0.1) is 15.8 Å². The number of tetrazole rings is 1. The van der Waals surface area contributed by atoms with E-state index in [1.807, 2.05) is 31.2 Å². The Morgan fingerprint density at radius 2 is 1.76 bits per heavy atom. The minimum absolute atomic E-state index is 0.231. The molecule has 1 aliphatic heterocycles. The van der Waals surface area contributed by atoms with Crippen LogP contribution in [0, 0.1) is 6.92 Å². The first-order chi connectivity index (χ1) is 15.9. The molecule has 1 aromatic heterocycles. The first-order valence-corrected chi connectivity index (χ1v) is 13.1. The fraction of sp³-hybridized carbons (Fsp3) is 0.364. The van der Waals surface area contributed by atoms with E-state index in [0.717, 1.165) is 30.5 Å². The zero-order chi connectivity index (χ0) is 23.4. The van der Waals surface area contributed by atoms with Crippen LogP contribution in [-0.2, 0) is 14.8 Å². The van der Waals surface area contributed by atoms with Crippen LogP contribution < -0.4 is 5.32 Å². The second kappa shape index (κ2) is 10.0. The molecule has 2 heterocycles. The van der Waals surface area contributed by atoms with Gasteiger partial charge in [-0.15, -0.1) is 5.10 Å². The number of para-hydroxylation sites is 1. The van der Waals surface area contributed by atoms with Crippen LogP contribution in [0.2, 0.25) is 0 Å². The zero-order valence-electron chi connectivity index (χ0n) is 18.5. The van der Waals surface area contributed by atoms with E-state index in [1.54, 1.807) is 23.7 Å². The molecule has 1 amide bonds. The van der Waals surface area contributed by atoms with Gasteiger partial charge in [-0.1, -0.05) is 36.4 Å². The van der Waals surface area contributed by atoms with E-state index >= 15 is 0 Å². The molecule has 1 atom stereocenters. The van der Waals surface area contributed by atoms with Crippen LogP contribution in [-0.4, -0.2) is 57.2 Å². The molecule has 0 unspecified atom stereocenters. The Bertz CT molecular complexity index is 1220. The van der Waals surface area contributed by atoms with Gasteiger partial charge in [0.1, 0.15) is 0 Å². The largest absolute Gasteiger partial charge is 0.325 e. The lowest BCUT2D eigenvalue weighted by molar-refractivity contribution is -0.115. The van der Waals surface area contributed by atoms with Gasteiger partial charge in [0.25, 0.3) is 0 Å². The summed E-state index contributed by atoms with van der Waals surface area (Å²) in [5.41, 5.74) is 2.40. The maximum Gasteiger partial charge on any atom is 0.243 e. The molecule has 3 aromatic rings. The van der Waals surface area contributed by atoms with Gasteiger partial charge < -0.3 is 5.32 Å². The maximum atomic E-state index is 12.8. The molecule has 1 N–H and O–H groups in total. The van der Waals surface area contributed by atoms with E-state index in [4.69, 9.17) is 0 Å². The van der Waals surface area contributed by atoms with Gasteiger partial charge in [-0.25, -0.2) is 8.42 Å². The molecule has 1 saturated heterocycles. The Morgan fingerprint density at radius 3 is 2.45 bits per heavy atom. The van der Waals surface area contributed by atoms with Crippen LogP contribution in [0.5, 0.6) is 0 Å². The number of carbonyl (C=O) groups is 1. The second-order valence-electron chi connectivity index (χ2n) is 7.90. The van der Waals surface area contributed by atoms with Crippen LogP contribution in [0.3, 0.4) is 0 Å². The van der Waals surface area contributed by atoms with Crippen molar-refractivity contribution in [2.24, 2.45) is 0 Å². The molecular weight excluding hydrogens is 460 g/mol. The van der Waals surface area contributed by atoms with Crippen LogP contribution in [0.25, 0.3) is 5.69 Å². The first-order valence-electron chi connectivity index (χ1n) is 10.8. The quantitative estimate of drug-likeness (QED) is 0.510. The molecule has 2 aromatic carbocycles. The highest BCUT2D eigenvalue weighted by atomic mass is 32.2. The minimum Gasteiger partial charge on any atom is -0.325 e. The number of anilines is 1. The zero-order valence-corrected chi connectivity index (χ0v) is 20.1. The summed E-state index contributed by atoms with van der Waals surface area (Å²) in [4.78, 5) is 13.0. The van der Waals surface area contributed by atoms with E-state index in [2.05, 4.69) is 20.8 Å². The summed E-state index contributed by atoms with van der Waals surface area (Å²) < 4.78 is 28.7. The summed E-state index contributed by atoms with van der Waals surface area (Å²) in [7, 11) is -3.50. The summed E-state index contributed by atoms with van der Waals surface area (Å²) in [6.45, 7) is 4.85. The van der Waals surface area contributed by atoms with Gasteiger partial charge in [-0.3, -0.25) is 4.79 Å². The molecule has 1 fully saturated rings. The highest BCUT2D eigenvalue weighted by Crippen LogP contribution is 2.26. The summed E-state index contributed by atoms with van der Waals surface area (Å²) in [6, 6.07) is 14.0. The second-order valence-corrected chi connectivity index (χ2v) is 11.1. The van der Waals surface area contributed by atoms with E-state index < -0.39 is 15.3 Å². The number of rotatable bonds is 7. The number of thioether (sulfide) groups is 1. The van der Waals surface area contributed by atoms with Crippen molar-refractivity contribution in [2.45, 2.75) is 48.4 Å². The van der Waals surface area contributed by atoms with Gasteiger partial charge in [0.2, 0.25) is 21.1 Å². The van der Waals surface area contributed by atoms with Crippen LogP contribution in [0.4, 0.5) is 5.69 Å². The standard InChI is InChI=1S/C22H26N6O3S2/c1-16-8-4-5-9-20(16)28-22(24-25-26-28)32-17(2)21(29)23-18-10-12-19(13-11-18)33(30,31)27-14-6-3-7-15-27/h4-5,8-13,17H,3,6-7,14-15H2,1-2H3,(H,23,29)/t17-/m1/s1. The molecule has 11 heteroatoms. The number of amides is 1. The van der Waals surface area contributed by atoms with Gasteiger partial charge in [0, 0.05) is 18.8 Å². The van der Waals surface area contributed by atoms with Gasteiger partial charge >= 0.3 is 0 Å². The molecule has 0 bridgehead atoms. The fourth-order valence-corrected chi connectivity index (χ4v) is 5.94. The Balaban J connectivity index is 1.41. The number of aromatic nitrogens is 4. The number of nitrogens with one attached hydrogen (secondary N) is 1. The molecule has 0 spiro atoms. The Kier molecular flexibility index (Phi) is 7.11. The maximum absolute atomic E-state index is 12.8. The predicted molar refractivity (Wildman–Crippen MR) is 127 cm³/mol. The van der Waals surface area contributed by atoms with Crippen molar-refractivity contribution in [3.63, 3.8) is 0 Å². The average molecular weight is 487 g/mol. The topological polar surface area (TPSA) is 110 Å². The number of hydrogen-bond acceptors (Lipinski definition) is 7. The molecule has 174 valence electrons. The van der Waals surface area contributed by atoms with Crippen molar-refractivity contribution in [2.75, 3.05) is 18.4 Å². The van der Waals surface area contributed by atoms with Crippen LogP contribution in [0.1, 0.15) is 31.7 Å². The SMILES string of the molecule is Cc1ccccc1-n1nnnc1S[C@H](C)C(=O)Nc1ccc(S(=O)(=O)N2CCCCC2)cc1. The van der Waals surface area contributed by atoms with Crippen molar-refractivity contribution < 1.29 is 13.2 Å². The van der Waals surface area contributed by atoms with Crippen molar-refractivity contribution in [1.29, 1.82) is 0 Å². The number of aryl methyl sites for hydroxylation is 1. The third kappa shape index (κ3) is 5.26. The molecule has 9 nitrogen and oxygen atoms in total. The van der Waals surface area contributed by atoms with Crippen molar-refractivity contribution in [3.05, 3.63) is 54.1 Å². The summed E-state index contributed by atoms with van der Waals surface area (Å²) in [5, 5.41) is 14.7. The molecular formula is C22H26N6O3S2. The third-order valence-electron chi connectivity index (χ3n) is 5.51. The lowest BCUT2D eigenvalue weighted by atomic mass is 10.2. The lowest BCUT2D eigenvalue weighted by Crippen LogP contribution is -2.35. The van der Waals surface area contributed by atoms with Crippen LogP contribution in [0.15, 0.2) is 58.6 Å². The minimum atomic E-state index is -3.50. The third-order valence-corrected chi connectivity index (χ3v) is 8.46. The lowest BCUT2D eigenvalue weighted by Gasteiger charge is -2.25. The normalized spacial score (nSPS) is 15.8. The number of piperidine rings is 1. The Labute approximate surface area is 197 Å². The fourth-order valence-electron chi connectivity index (χ4n) is 3.62. The van der Waals surface area contributed by atoms with Crippen molar-refractivity contribution in [1.82, 2.24) is 24.5 Å². The van der Waals surface area contributed by atoms with E-state index in [9.17, 15) is 13.2 Å². The molecule has 0 saturated carbocycles. The summed E-state index contributed by atoms with van der Waals surface area (Å²) >= 11 is 1.25. The monoisotopic (exact) mass is 486 g/mol. The highest BCUT2D eigenvalue weighted by Gasteiger charge is 2.26. The number of carbonyl (C=O) groups excluding carboxylic acids is 1. The van der Waals surface area contributed by atoms with Gasteiger partial charge in [-0.05, 0) is 73.0 Å². The van der Waals surface area contributed by atoms with E-state index in [-0.39, 0.29) is 10.8 Å². The van der Waals surface area contributed by atoms with Crippen molar-refractivity contribution >= 4 is 33.4 Å². The molecule has 33 heavy (non-hydrogen) atoms. The number of sulfonamides is 1. The van der Waals surface area contributed by atoms with E-state index in [0.29, 0.717) is 23.9 Å². The molecule has 4 rings (SSSR count). The van der Waals surface area contributed by atoms with Gasteiger partial charge in [-0.2, -0.15) is 8.99 Å².